The third kappa shape index (κ3) is 2.48. The van der Waals surface area contributed by atoms with Crippen LogP contribution in [0.1, 0.15) is 27.2 Å². The highest BCUT2D eigenvalue weighted by molar-refractivity contribution is 5.82. The first-order valence-corrected chi connectivity index (χ1v) is 5.51. The van der Waals surface area contributed by atoms with Crippen molar-refractivity contribution >= 4 is 5.91 Å². The van der Waals surface area contributed by atoms with Crippen LogP contribution in [0.2, 0.25) is 0 Å². The van der Waals surface area contributed by atoms with Crippen LogP contribution in [-0.4, -0.2) is 36.6 Å². The first-order chi connectivity index (χ1) is 6.90. The van der Waals surface area contributed by atoms with E-state index in [-0.39, 0.29) is 11.3 Å². The number of hydrogen-bond acceptors (Lipinski definition) is 2. The summed E-state index contributed by atoms with van der Waals surface area (Å²) < 4.78 is 12.3. The lowest BCUT2D eigenvalue weighted by molar-refractivity contribution is -0.132. The molecule has 1 aliphatic heterocycles. The van der Waals surface area contributed by atoms with Gasteiger partial charge in [-0.3, -0.25) is 4.79 Å². The predicted molar refractivity (Wildman–Crippen MR) is 58.1 cm³/mol. The molecule has 1 heterocycles. The largest absolute Gasteiger partial charge is 0.341 e. The van der Waals surface area contributed by atoms with Crippen LogP contribution in [0.4, 0.5) is 4.39 Å². The van der Waals surface area contributed by atoms with Crippen molar-refractivity contribution in [1.29, 1.82) is 0 Å². The molecule has 0 aromatic rings. The number of halogens is 1. The number of nitrogens with zero attached hydrogens (tertiary/aromatic N) is 1. The minimum absolute atomic E-state index is 0.158. The Morgan fingerprint density at radius 3 is 2.60 bits per heavy atom. The van der Waals surface area contributed by atoms with Gasteiger partial charge in [-0.15, -0.1) is 0 Å². The molecule has 3 nitrogen and oxygen atoms in total. The van der Waals surface area contributed by atoms with Crippen molar-refractivity contribution in [3.05, 3.63) is 0 Å². The number of carbonyl (C=O) groups is 1. The van der Waals surface area contributed by atoms with E-state index in [0.717, 1.165) is 6.42 Å². The first-order valence-electron chi connectivity index (χ1n) is 5.51. The lowest BCUT2D eigenvalue weighted by Crippen LogP contribution is -2.44. The monoisotopic (exact) mass is 216 g/mol. The Balaban J connectivity index is 2.60. The van der Waals surface area contributed by atoms with Crippen LogP contribution in [0, 0.1) is 11.3 Å². The second-order valence-corrected chi connectivity index (χ2v) is 5.08. The normalized spacial score (nSPS) is 28.5. The number of nitrogens with two attached hydrogens (primary N) is 1. The summed E-state index contributed by atoms with van der Waals surface area (Å²) in [6.45, 7) is 7.13. The average Bonchev–Trinajstić information content (AvgIpc) is 2.60. The zero-order valence-electron chi connectivity index (χ0n) is 9.79. The molecular weight excluding hydrogens is 195 g/mol. The fourth-order valence-corrected chi connectivity index (χ4v) is 1.94. The van der Waals surface area contributed by atoms with Crippen molar-refractivity contribution in [3.8, 4) is 0 Å². The minimum Gasteiger partial charge on any atom is -0.341 e. The number of amides is 1. The quantitative estimate of drug-likeness (QED) is 0.770. The molecule has 88 valence electrons. The van der Waals surface area contributed by atoms with Crippen molar-refractivity contribution in [1.82, 2.24) is 4.90 Å². The van der Waals surface area contributed by atoms with Crippen molar-refractivity contribution in [2.24, 2.45) is 17.1 Å². The lowest BCUT2D eigenvalue weighted by atomic mass is 9.78. The Morgan fingerprint density at radius 1 is 1.60 bits per heavy atom. The molecule has 15 heavy (non-hydrogen) atoms. The van der Waals surface area contributed by atoms with Crippen molar-refractivity contribution < 1.29 is 9.18 Å². The zero-order valence-corrected chi connectivity index (χ0v) is 9.79. The average molecular weight is 216 g/mol. The van der Waals surface area contributed by atoms with E-state index in [1.54, 1.807) is 4.90 Å². The number of rotatable bonds is 3. The molecule has 1 rings (SSSR count). The van der Waals surface area contributed by atoms with Crippen LogP contribution in [0.25, 0.3) is 0 Å². The highest BCUT2D eigenvalue weighted by Crippen LogP contribution is 2.37. The van der Waals surface area contributed by atoms with E-state index in [2.05, 4.69) is 20.8 Å². The van der Waals surface area contributed by atoms with Crippen LogP contribution < -0.4 is 5.73 Å². The molecule has 0 aliphatic carbocycles. The summed E-state index contributed by atoms with van der Waals surface area (Å²) in [5, 5.41) is 0. The molecule has 1 saturated heterocycles. The molecule has 1 fully saturated rings. The molecule has 0 aromatic heterocycles. The molecule has 4 heteroatoms. The molecule has 1 amide bonds. The fraction of sp³-hybridized carbons (Fsp3) is 0.909. The van der Waals surface area contributed by atoms with E-state index in [4.69, 9.17) is 5.73 Å². The van der Waals surface area contributed by atoms with Gasteiger partial charge in [0.15, 0.2) is 0 Å². The van der Waals surface area contributed by atoms with Crippen LogP contribution in [-0.2, 0) is 4.79 Å². The first kappa shape index (κ1) is 12.4. The van der Waals surface area contributed by atoms with Gasteiger partial charge in [0.2, 0.25) is 5.91 Å². The second kappa shape index (κ2) is 4.47. The third-order valence-corrected chi connectivity index (χ3v) is 3.69. The van der Waals surface area contributed by atoms with Gasteiger partial charge in [0.25, 0.3) is 0 Å². The SMILES string of the molecule is CC(C)[C@@]1(C)CCN(C(=O)[C@H](N)CF)C1. The van der Waals surface area contributed by atoms with E-state index in [1.165, 1.54) is 0 Å². The van der Waals surface area contributed by atoms with E-state index in [0.29, 0.717) is 19.0 Å². The topological polar surface area (TPSA) is 46.3 Å². The summed E-state index contributed by atoms with van der Waals surface area (Å²) in [6.07, 6.45) is 0.982. The van der Waals surface area contributed by atoms with E-state index < -0.39 is 12.7 Å². The molecule has 0 unspecified atom stereocenters. The van der Waals surface area contributed by atoms with E-state index >= 15 is 0 Å². The second-order valence-electron chi connectivity index (χ2n) is 5.08. The van der Waals surface area contributed by atoms with Crippen LogP contribution in [0.15, 0.2) is 0 Å². The predicted octanol–water partition coefficient (Wildman–Crippen LogP) is 1.18. The molecular formula is C11H21FN2O. The summed E-state index contributed by atoms with van der Waals surface area (Å²) in [7, 11) is 0. The molecule has 0 spiro atoms. The number of alkyl halides is 1. The molecule has 2 N–H and O–H groups in total. The number of carbonyl (C=O) groups excluding carboxylic acids is 1. The summed E-state index contributed by atoms with van der Waals surface area (Å²) in [6, 6.07) is -0.973. The van der Waals surface area contributed by atoms with Gasteiger partial charge in [0.1, 0.15) is 12.7 Å². The maximum atomic E-state index is 12.3. The van der Waals surface area contributed by atoms with Crippen LogP contribution in [0.5, 0.6) is 0 Å². The van der Waals surface area contributed by atoms with Gasteiger partial charge >= 0.3 is 0 Å². The van der Waals surface area contributed by atoms with Gasteiger partial charge in [0, 0.05) is 13.1 Å². The summed E-state index contributed by atoms with van der Waals surface area (Å²) in [4.78, 5) is 13.3. The highest BCUT2D eigenvalue weighted by Gasteiger charge is 2.39. The third-order valence-electron chi connectivity index (χ3n) is 3.69. The summed E-state index contributed by atoms with van der Waals surface area (Å²) in [5.74, 6) is 0.277. The van der Waals surface area contributed by atoms with Crippen LogP contribution >= 0.6 is 0 Å². The molecule has 0 bridgehead atoms. The van der Waals surface area contributed by atoms with Crippen molar-refractivity contribution in [3.63, 3.8) is 0 Å². The Kier molecular flexibility index (Phi) is 3.71. The molecule has 0 radical (unpaired) electrons. The van der Waals surface area contributed by atoms with Crippen molar-refractivity contribution in [2.45, 2.75) is 33.2 Å². The standard InChI is InChI=1S/C11H21FN2O/c1-8(2)11(3)4-5-14(7-11)10(15)9(13)6-12/h8-9H,4-7,13H2,1-3H3/t9-,11+/m1/s1. The number of likely N-dealkylation sites (tertiary alicyclic amines) is 1. The van der Waals surface area contributed by atoms with Gasteiger partial charge in [-0.05, 0) is 17.8 Å². The molecule has 0 aromatic carbocycles. The van der Waals surface area contributed by atoms with Gasteiger partial charge in [-0.2, -0.15) is 0 Å². The Bertz CT molecular complexity index is 245. The molecule has 0 saturated carbocycles. The van der Waals surface area contributed by atoms with Crippen molar-refractivity contribution in [2.75, 3.05) is 19.8 Å². The minimum atomic E-state index is -0.973. The summed E-state index contributed by atoms with van der Waals surface area (Å²) >= 11 is 0. The highest BCUT2D eigenvalue weighted by atomic mass is 19.1. The van der Waals surface area contributed by atoms with Gasteiger partial charge in [0.05, 0.1) is 0 Å². The Labute approximate surface area is 90.8 Å². The van der Waals surface area contributed by atoms with Gasteiger partial charge in [-0.25, -0.2) is 4.39 Å². The maximum Gasteiger partial charge on any atom is 0.242 e. The van der Waals surface area contributed by atoms with Gasteiger partial charge < -0.3 is 10.6 Å². The van der Waals surface area contributed by atoms with Gasteiger partial charge in [-0.1, -0.05) is 20.8 Å². The fourth-order valence-electron chi connectivity index (χ4n) is 1.94. The lowest BCUT2D eigenvalue weighted by Gasteiger charge is -2.29. The smallest absolute Gasteiger partial charge is 0.242 e. The van der Waals surface area contributed by atoms with E-state index in [9.17, 15) is 9.18 Å². The number of hydrogen-bond donors (Lipinski definition) is 1. The zero-order chi connectivity index (χ0) is 11.6. The maximum absolute atomic E-state index is 12.3. The Morgan fingerprint density at radius 2 is 2.20 bits per heavy atom. The molecule has 1 aliphatic rings. The Hall–Kier alpha value is -0.640. The van der Waals surface area contributed by atoms with Crippen LogP contribution in [0.3, 0.4) is 0 Å². The molecule has 2 atom stereocenters. The van der Waals surface area contributed by atoms with E-state index in [1.807, 2.05) is 0 Å². The summed E-state index contributed by atoms with van der Waals surface area (Å²) in [5.41, 5.74) is 5.55.